The number of rotatable bonds is 4. The molecule has 0 aliphatic heterocycles. The van der Waals surface area contributed by atoms with E-state index in [1.807, 2.05) is 48.5 Å². The second-order valence-electron chi connectivity index (χ2n) is 4.34. The topological polar surface area (TPSA) is 63.3 Å². The molecule has 0 amide bonds. The lowest BCUT2D eigenvalue weighted by Gasteiger charge is -2.10. The zero-order valence-electron chi connectivity index (χ0n) is 10.2. The Bertz CT molecular complexity index is 581. The number of nitrogens with two attached hydrogens (primary N) is 1. The van der Waals surface area contributed by atoms with Gasteiger partial charge in [0.15, 0.2) is 0 Å². The first-order valence-corrected chi connectivity index (χ1v) is 6.27. The standard InChI is InChI=1S/C15H14ClNO2/c16-13-3-1-2-12(8-13)10-4-6-11(7-5-10)14(17)9-15(18)19/h1-8,14H,9,17H2,(H,18,19). The van der Waals surface area contributed by atoms with Gasteiger partial charge in [-0.05, 0) is 28.8 Å². The van der Waals surface area contributed by atoms with Gasteiger partial charge in [0, 0.05) is 11.1 Å². The molecule has 0 heterocycles. The molecule has 0 radical (unpaired) electrons. The molecular formula is C15H14ClNO2. The van der Waals surface area contributed by atoms with Crippen LogP contribution >= 0.6 is 11.6 Å². The van der Waals surface area contributed by atoms with E-state index in [9.17, 15) is 4.79 Å². The van der Waals surface area contributed by atoms with Crippen LogP contribution in [0.2, 0.25) is 5.02 Å². The predicted molar refractivity (Wildman–Crippen MR) is 76.1 cm³/mol. The number of carbonyl (C=O) groups is 1. The van der Waals surface area contributed by atoms with Gasteiger partial charge in [-0.3, -0.25) is 4.79 Å². The molecular weight excluding hydrogens is 262 g/mol. The molecule has 0 aliphatic carbocycles. The van der Waals surface area contributed by atoms with E-state index >= 15 is 0 Å². The van der Waals surface area contributed by atoms with E-state index in [4.69, 9.17) is 22.4 Å². The van der Waals surface area contributed by atoms with Crippen molar-refractivity contribution in [2.24, 2.45) is 5.73 Å². The van der Waals surface area contributed by atoms with Crippen LogP contribution in [0.4, 0.5) is 0 Å². The van der Waals surface area contributed by atoms with Crippen LogP contribution in [0.3, 0.4) is 0 Å². The van der Waals surface area contributed by atoms with E-state index in [-0.39, 0.29) is 6.42 Å². The first-order valence-electron chi connectivity index (χ1n) is 5.89. The zero-order valence-corrected chi connectivity index (χ0v) is 11.0. The summed E-state index contributed by atoms with van der Waals surface area (Å²) in [5.41, 5.74) is 8.66. The fourth-order valence-electron chi connectivity index (χ4n) is 1.90. The van der Waals surface area contributed by atoms with Crippen molar-refractivity contribution >= 4 is 17.6 Å². The minimum atomic E-state index is -0.897. The zero-order chi connectivity index (χ0) is 13.8. The number of benzene rings is 2. The highest BCUT2D eigenvalue weighted by Crippen LogP contribution is 2.24. The Balaban J connectivity index is 2.21. The van der Waals surface area contributed by atoms with Crippen LogP contribution in [0.25, 0.3) is 11.1 Å². The van der Waals surface area contributed by atoms with Gasteiger partial charge in [-0.25, -0.2) is 0 Å². The number of hydrogen-bond acceptors (Lipinski definition) is 2. The molecule has 1 unspecified atom stereocenters. The Kier molecular flexibility index (Phi) is 4.20. The largest absolute Gasteiger partial charge is 0.481 e. The van der Waals surface area contributed by atoms with Gasteiger partial charge in [-0.1, -0.05) is 48.0 Å². The smallest absolute Gasteiger partial charge is 0.305 e. The molecule has 2 rings (SSSR count). The lowest BCUT2D eigenvalue weighted by Crippen LogP contribution is -2.14. The third-order valence-corrected chi connectivity index (χ3v) is 3.13. The average Bonchev–Trinajstić information content (AvgIpc) is 2.38. The van der Waals surface area contributed by atoms with Gasteiger partial charge in [-0.15, -0.1) is 0 Å². The van der Waals surface area contributed by atoms with Crippen molar-refractivity contribution in [2.75, 3.05) is 0 Å². The summed E-state index contributed by atoms with van der Waals surface area (Å²) in [5, 5.41) is 9.40. The summed E-state index contributed by atoms with van der Waals surface area (Å²) in [6.07, 6.45) is -0.0729. The maximum absolute atomic E-state index is 10.6. The second-order valence-corrected chi connectivity index (χ2v) is 4.77. The van der Waals surface area contributed by atoms with Crippen molar-refractivity contribution in [3.63, 3.8) is 0 Å². The summed E-state index contributed by atoms with van der Waals surface area (Å²) < 4.78 is 0. The fraction of sp³-hybridized carbons (Fsp3) is 0.133. The third-order valence-electron chi connectivity index (χ3n) is 2.89. The number of hydrogen-bond donors (Lipinski definition) is 2. The van der Waals surface area contributed by atoms with Crippen molar-refractivity contribution in [3.8, 4) is 11.1 Å². The lowest BCUT2D eigenvalue weighted by atomic mass is 10.00. The summed E-state index contributed by atoms with van der Waals surface area (Å²) >= 11 is 5.95. The Morgan fingerprint density at radius 1 is 1.16 bits per heavy atom. The maximum Gasteiger partial charge on any atom is 0.305 e. The molecule has 0 bridgehead atoms. The van der Waals surface area contributed by atoms with Gasteiger partial charge in [0.1, 0.15) is 0 Å². The van der Waals surface area contributed by atoms with Gasteiger partial charge >= 0.3 is 5.97 Å². The predicted octanol–water partition coefficient (Wildman–Crippen LogP) is 3.48. The third kappa shape index (κ3) is 3.56. The minimum absolute atomic E-state index is 0.0729. The van der Waals surface area contributed by atoms with Crippen molar-refractivity contribution in [1.29, 1.82) is 0 Å². The average molecular weight is 276 g/mol. The van der Waals surface area contributed by atoms with Crippen molar-refractivity contribution < 1.29 is 9.90 Å². The van der Waals surface area contributed by atoms with E-state index in [2.05, 4.69) is 0 Å². The molecule has 0 spiro atoms. The van der Waals surface area contributed by atoms with E-state index in [1.165, 1.54) is 0 Å². The summed E-state index contributed by atoms with van der Waals surface area (Å²) in [5.74, 6) is -0.897. The maximum atomic E-state index is 10.6. The molecule has 4 heteroatoms. The molecule has 0 aromatic heterocycles. The van der Waals surface area contributed by atoms with Crippen molar-refractivity contribution in [2.45, 2.75) is 12.5 Å². The highest BCUT2D eigenvalue weighted by molar-refractivity contribution is 6.30. The summed E-state index contributed by atoms with van der Waals surface area (Å²) in [6, 6.07) is 14.6. The Morgan fingerprint density at radius 2 is 1.84 bits per heavy atom. The molecule has 2 aromatic rings. The minimum Gasteiger partial charge on any atom is -0.481 e. The van der Waals surface area contributed by atoms with Gasteiger partial charge in [0.05, 0.1) is 6.42 Å². The first kappa shape index (κ1) is 13.6. The SMILES string of the molecule is NC(CC(=O)O)c1ccc(-c2cccc(Cl)c2)cc1. The number of carboxylic acid groups (broad SMARTS) is 1. The Hall–Kier alpha value is -1.84. The highest BCUT2D eigenvalue weighted by atomic mass is 35.5. The van der Waals surface area contributed by atoms with Crippen LogP contribution in [0.15, 0.2) is 48.5 Å². The van der Waals surface area contributed by atoms with E-state index < -0.39 is 12.0 Å². The quantitative estimate of drug-likeness (QED) is 0.898. The van der Waals surface area contributed by atoms with Gasteiger partial charge in [-0.2, -0.15) is 0 Å². The first-order chi connectivity index (χ1) is 9.06. The fourth-order valence-corrected chi connectivity index (χ4v) is 2.09. The Labute approximate surface area is 116 Å². The molecule has 1 atom stereocenters. The van der Waals surface area contributed by atoms with Crippen LogP contribution in [0.1, 0.15) is 18.0 Å². The van der Waals surface area contributed by atoms with Crippen LogP contribution in [-0.2, 0) is 4.79 Å². The molecule has 3 nitrogen and oxygen atoms in total. The normalized spacial score (nSPS) is 12.1. The number of halogens is 1. The van der Waals surface area contributed by atoms with Gasteiger partial charge in [0.2, 0.25) is 0 Å². The molecule has 0 saturated heterocycles. The van der Waals surface area contributed by atoms with Crippen LogP contribution in [-0.4, -0.2) is 11.1 Å². The summed E-state index contributed by atoms with van der Waals surface area (Å²) in [6.45, 7) is 0. The van der Waals surface area contributed by atoms with Crippen molar-refractivity contribution in [1.82, 2.24) is 0 Å². The van der Waals surface area contributed by atoms with E-state index in [0.29, 0.717) is 5.02 Å². The number of aliphatic carboxylic acids is 1. The van der Waals surface area contributed by atoms with Crippen LogP contribution in [0, 0.1) is 0 Å². The van der Waals surface area contributed by atoms with Gasteiger partial charge in [0.25, 0.3) is 0 Å². The Morgan fingerprint density at radius 3 is 2.42 bits per heavy atom. The molecule has 0 aliphatic rings. The summed E-state index contributed by atoms with van der Waals surface area (Å²) in [4.78, 5) is 10.6. The van der Waals surface area contributed by atoms with E-state index in [1.54, 1.807) is 0 Å². The molecule has 3 N–H and O–H groups in total. The van der Waals surface area contributed by atoms with Gasteiger partial charge < -0.3 is 10.8 Å². The second kappa shape index (κ2) is 5.87. The number of carboxylic acids is 1. The summed E-state index contributed by atoms with van der Waals surface area (Å²) in [7, 11) is 0. The van der Waals surface area contributed by atoms with Crippen LogP contribution < -0.4 is 5.73 Å². The highest BCUT2D eigenvalue weighted by Gasteiger charge is 2.10. The lowest BCUT2D eigenvalue weighted by molar-refractivity contribution is -0.137. The molecule has 19 heavy (non-hydrogen) atoms. The van der Waals surface area contributed by atoms with Crippen molar-refractivity contribution in [3.05, 3.63) is 59.1 Å². The monoisotopic (exact) mass is 275 g/mol. The molecule has 2 aromatic carbocycles. The molecule has 0 saturated carbocycles. The molecule has 0 fully saturated rings. The van der Waals surface area contributed by atoms with Crippen LogP contribution in [0.5, 0.6) is 0 Å². The van der Waals surface area contributed by atoms with E-state index in [0.717, 1.165) is 16.7 Å². The molecule has 98 valence electrons.